The third kappa shape index (κ3) is 2.82. The van der Waals surface area contributed by atoms with Crippen LogP contribution in [0.5, 0.6) is 0 Å². The smallest absolute Gasteiger partial charge is 0.291 e. The van der Waals surface area contributed by atoms with E-state index in [1.54, 1.807) is 10.7 Å². The number of piperidine rings is 1. The highest BCUT2D eigenvalue weighted by atomic mass is 16.2. The summed E-state index contributed by atoms with van der Waals surface area (Å²) in [5.74, 6) is 1.02. The molecule has 2 fully saturated rings. The van der Waals surface area contributed by atoms with Gasteiger partial charge in [-0.25, -0.2) is 9.97 Å². The maximum atomic E-state index is 13.0. The van der Waals surface area contributed by atoms with Crippen molar-refractivity contribution in [2.75, 3.05) is 5.73 Å². The molecule has 6 heterocycles. The lowest BCUT2D eigenvalue weighted by atomic mass is 9.87. The Kier molecular flexibility index (Phi) is 4.02. The number of fused-ring (bicyclic) bond motifs is 4. The first-order valence-electron chi connectivity index (χ1n) is 11.4. The minimum Gasteiger partial charge on any atom is -0.384 e. The summed E-state index contributed by atoms with van der Waals surface area (Å²) in [6.07, 6.45) is 8.67. The fourth-order valence-electron chi connectivity index (χ4n) is 5.71. The van der Waals surface area contributed by atoms with Crippen molar-refractivity contribution >= 4 is 28.3 Å². The van der Waals surface area contributed by atoms with Gasteiger partial charge in [-0.1, -0.05) is 6.07 Å². The number of nitrogens with zero attached hydrogens (tertiary/aromatic N) is 7. The molecule has 2 unspecified atom stereocenters. The molecule has 5 aromatic rings. The third-order valence-corrected chi connectivity index (χ3v) is 7.27. The van der Waals surface area contributed by atoms with Crippen molar-refractivity contribution in [3.05, 3.63) is 54.5 Å². The molecule has 1 amide bonds. The van der Waals surface area contributed by atoms with Crippen LogP contribution in [0, 0.1) is 0 Å². The van der Waals surface area contributed by atoms with E-state index in [0.717, 1.165) is 59.1 Å². The van der Waals surface area contributed by atoms with Crippen LogP contribution in [-0.4, -0.2) is 62.9 Å². The number of hydrogen-bond donors (Lipinski definition) is 3. The highest BCUT2D eigenvalue weighted by Gasteiger charge is 2.45. The average molecular weight is 454 g/mol. The van der Waals surface area contributed by atoms with Crippen LogP contribution in [0.1, 0.15) is 47.9 Å². The first-order valence-corrected chi connectivity index (χ1v) is 11.4. The van der Waals surface area contributed by atoms with E-state index in [9.17, 15) is 4.79 Å². The van der Waals surface area contributed by atoms with Crippen molar-refractivity contribution in [3.63, 3.8) is 0 Å². The van der Waals surface area contributed by atoms with Crippen LogP contribution in [0.25, 0.3) is 27.7 Å². The summed E-state index contributed by atoms with van der Waals surface area (Å²) in [5, 5.41) is 19.1. The van der Waals surface area contributed by atoms with E-state index in [0.29, 0.717) is 11.6 Å². The molecule has 2 bridgehead atoms. The molecule has 2 atom stereocenters. The molecule has 11 heteroatoms. The van der Waals surface area contributed by atoms with E-state index >= 15 is 0 Å². The van der Waals surface area contributed by atoms with E-state index in [1.165, 1.54) is 6.33 Å². The fourth-order valence-corrected chi connectivity index (χ4v) is 5.71. The number of hydrogen-bond acceptors (Lipinski definition) is 7. The molecule has 2 aliphatic rings. The van der Waals surface area contributed by atoms with Gasteiger partial charge >= 0.3 is 0 Å². The minimum atomic E-state index is -0.0703. The van der Waals surface area contributed by atoms with Gasteiger partial charge in [-0.3, -0.25) is 15.0 Å². The maximum Gasteiger partial charge on any atom is 0.291 e. The van der Waals surface area contributed by atoms with Gasteiger partial charge in [-0.15, -0.1) is 0 Å². The second-order valence-electron chi connectivity index (χ2n) is 9.17. The number of nitrogens with one attached hydrogen (secondary N) is 2. The van der Waals surface area contributed by atoms with Gasteiger partial charge < -0.3 is 10.6 Å². The van der Waals surface area contributed by atoms with Gasteiger partial charge in [-0.2, -0.15) is 19.8 Å². The Morgan fingerprint density at radius 3 is 2.71 bits per heavy atom. The van der Waals surface area contributed by atoms with Crippen molar-refractivity contribution in [1.29, 1.82) is 0 Å². The zero-order chi connectivity index (χ0) is 22.8. The number of carbonyl (C=O) groups excluding carboxylic acids is 1. The summed E-state index contributed by atoms with van der Waals surface area (Å²) in [4.78, 5) is 24.1. The van der Waals surface area contributed by atoms with Crippen LogP contribution in [0.15, 0.2) is 43.0 Å². The SMILES string of the molecule is Nc1cc(C2CC3CCC(C2)N3C(=O)c2ncn[nH]2)nc2c(-c3ccc4[nH]ncc4c3)cnn12. The molecule has 4 aromatic heterocycles. The third-order valence-electron chi connectivity index (χ3n) is 7.27. The van der Waals surface area contributed by atoms with Crippen molar-refractivity contribution < 1.29 is 4.79 Å². The van der Waals surface area contributed by atoms with Crippen LogP contribution in [0.2, 0.25) is 0 Å². The van der Waals surface area contributed by atoms with E-state index in [4.69, 9.17) is 10.7 Å². The number of aromatic amines is 2. The highest BCUT2D eigenvalue weighted by Crippen LogP contribution is 2.43. The summed E-state index contributed by atoms with van der Waals surface area (Å²) >= 11 is 0. The van der Waals surface area contributed by atoms with Gasteiger partial charge in [0.15, 0.2) is 5.65 Å². The monoisotopic (exact) mass is 454 g/mol. The lowest BCUT2D eigenvalue weighted by Gasteiger charge is -2.38. The van der Waals surface area contributed by atoms with Crippen molar-refractivity contribution in [2.45, 2.75) is 43.7 Å². The molecule has 0 spiro atoms. The predicted octanol–water partition coefficient (Wildman–Crippen LogP) is 2.52. The maximum absolute atomic E-state index is 13.0. The van der Waals surface area contributed by atoms with Gasteiger partial charge in [0, 0.05) is 40.7 Å². The Hall–Kier alpha value is -4.28. The van der Waals surface area contributed by atoms with Crippen molar-refractivity contribution in [3.8, 4) is 11.1 Å². The first-order chi connectivity index (χ1) is 16.7. The van der Waals surface area contributed by atoms with Gasteiger partial charge in [0.05, 0.1) is 17.9 Å². The standard InChI is InChI=1S/C23H22N10O/c24-20-8-19(13-6-15-2-3-16(7-13)32(15)23(34)21-25-11-27-31-21)29-22-17(10-28-33(20)22)12-1-4-18-14(5-12)9-26-30-18/h1,4-5,8-11,13,15-16H,2-3,6-7,24H2,(H,26,30)(H,25,27,31). The molecular weight excluding hydrogens is 432 g/mol. The Balaban J connectivity index is 1.23. The molecule has 0 saturated carbocycles. The Morgan fingerprint density at radius 2 is 1.91 bits per heavy atom. The number of nitrogens with two attached hydrogens (primary N) is 1. The van der Waals surface area contributed by atoms with Crippen LogP contribution in [0.3, 0.4) is 0 Å². The number of nitrogen functional groups attached to an aromatic ring is 1. The number of anilines is 1. The van der Waals surface area contributed by atoms with Crippen LogP contribution >= 0.6 is 0 Å². The minimum absolute atomic E-state index is 0.0703. The van der Waals surface area contributed by atoms with E-state index in [-0.39, 0.29) is 23.9 Å². The number of aromatic nitrogens is 8. The lowest BCUT2D eigenvalue weighted by molar-refractivity contribution is 0.0557. The quantitative estimate of drug-likeness (QED) is 0.379. The van der Waals surface area contributed by atoms with Crippen molar-refractivity contribution in [2.24, 2.45) is 0 Å². The van der Waals surface area contributed by atoms with Gasteiger partial charge in [-0.05, 0) is 43.4 Å². The molecule has 170 valence electrons. The largest absolute Gasteiger partial charge is 0.384 e. The molecule has 11 nitrogen and oxygen atoms in total. The molecule has 4 N–H and O–H groups in total. The van der Waals surface area contributed by atoms with Crippen LogP contribution in [-0.2, 0) is 0 Å². The van der Waals surface area contributed by atoms with Crippen molar-refractivity contribution in [1.82, 2.24) is 44.9 Å². The van der Waals surface area contributed by atoms with Crippen LogP contribution in [0.4, 0.5) is 5.82 Å². The van der Waals surface area contributed by atoms with Gasteiger partial charge in [0.1, 0.15) is 12.1 Å². The zero-order valence-corrected chi connectivity index (χ0v) is 18.2. The summed E-state index contributed by atoms with van der Waals surface area (Å²) in [7, 11) is 0. The van der Waals surface area contributed by atoms with Crippen LogP contribution < -0.4 is 5.73 Å². The molecule has 34 heavy (non-hydrogen) atoms. The molecule has 7 rings (SSSR count). The Bertz CT molecular complexity index is 1520. The first kappa shape index (κ1) is 19.2. The second-order valence-corrected chi connectivity index (χ2v) is 9.17. The number of H-pyrrole nitrogens is 2. The predicted molar refractivity (Wildman–Crippen MR) is 124 cm³/mol. The summed E-state index contributed by atoms with van der Waals surface area (Å²) in [6.45, 7) is 0. The summed E-state index contributed by atoms with van der Waals surface area (Å²) in [6, 6.07) is 8.38. The molecule has 0 aliphatic carbocycles. The number of benzene rings is 1. The fraction of sp³-hybridized carbons (Fsp3) is 0.304. The molecular formula is C23H22N10O. The summed E-state index contributed by atoms with van der Waals surface area (Å²) in [5.41, 5.74) is 11.0. The number of amides is 1. The highest BCUT2D eigenvalue weighted by molar-refractivity contribution is 5.91. The number of rotatable bonds is 3. The molecule has 2 saturated heterocycles. The Labute approximate surface area is 193 Å². The molecule has 2 aliphatic heterocycles. The van der Waals surface area contributed by atoms with Gasteiger partial charge in [0.2, 0.25) is 5.82 Å². The molecule has 1 aromatic carbocycles. The van der Waals surface area contributed by atoms with E-state index < -0.39 is 0 Å². The van der Waals surface area contributed by atoms with E-state index in [2.05, 4.69) is 36.5 Å². The summed E-state index contributed by atoms with van der Waals surface area (Å²) < 4.78 is 1.69. The zero-order valence-electron chi connectivity index (χ0n) is 18.2. The van der Waals surface area contributed by atoms with Gasteiger partial charge in [0.25, 0.3) is 5.91 Å². The Morgan fingerprint density at radius 1 is 1.06 bits per heavy atom. The normalized spacial score (nSPS) is 22.1. The molecule has 0 radical (unpaired) electrons. The topological polar surface area (TPSA) is 147 Å². The second kappa shape index (κ2) is 7.11. The van der Waals surface area contributed by atoms with E-state index in [1.807, 2.05) is 29.3 Å². The average Bonchev–Trinajstić information content (AvgIpc) is 3.64. The lowest BCUT2D eigenvalue weighted by Crippen LogP contribution is -2.46. The number of carbonyl (C=O) groups is 1.